The third-order valence-corrected chi connectivity index (χ3v) is 6.35. The number of hydrogen-bond donors (Lipinski definition) is 1. The van der Waals surface area contributed by atoms with E-state index in [4.69, 9.17) is 4.74 Å². The highest BCUT2D eigenvalue weighted by Gasteiger charge is 2.31. The molecule has 1 heterocycles. The summed E-state index contributed by atoms with van der Waals surface area (Å²) in [4.78, 5) is 12.3. The zero-order chi connectivity index (χ0) is 21.1. The van der Waals surface area contributed by atoms with E-state index in [0.717, 1.165) is 12.1 Å². The van der Waals surface area contributed by atoms with Gasteiger partial charge < -0.3 is 10.1 Å². The Labute approximate surface area is 166 Å². The van der Waals surface area contributed by atoms with Crippen molar-refractivity contribution in [3.8, 4) is 0 Å². The SMILES string of the molecule is O=C(NCc1ccc(S(=O)(=O)N2CCOCC2)cc1)c1cccc(C(F)(F)F)c1. The van der Waals surface area contributed by atoms with Crippen LogP contribution in [0.25, 0.3) is 0 Å². The van der Waals surface area contributed by atoms with Gasteiger partial charge in [-0.2, -0.15) is 17.5 Å². The number of nitrogens with zero attached hydrogens (tertiary/aromatic N) is 1. The first-order chi connectivity index (χ1) is 13.7. The van der Waals surface area contributed by atoms with E-state index in [1.807, 2.05) is 0 Å². The molecule has 1 aliphatic heterocycles. The minimum Gasteiger partial charge on any atom is -0.379 e. The number of rotatable bonds is 5. The van der Waals surface area contributed by atoms with Crippen molar-refractivity contribution >= 4 is 15.9 Å². The van der Waals surface area contributed by atoms with Crippen LogP contribution in [0.1, 0.15) is 21.5 Å². The van der Waals surface area contributed by atoms with Crippen LogP contribution < -0.4 is 5.32 Å². The van der Waals surface area contributed by atoms with Gasteiger partial charge in [0.05, 0.1) is 23.7 Å². The molecular formula is C19H19F3N2O4S. The van der Waals surface area contributed by atoms with E-state index < -0.39 is 27.7 Å². The van der Waals surface area contributed by atoms with Crippen molar-refractivity contribution in [3.05, 3.63) is 65.2 Å². The molecule has 0 spiro atoms. The lowest BCUT2D eigenvalue weighted by Crippen LogP contribution is -2.40. The van der Waals surface area contributed by atoms with Crippen molar-refractivity contribution in [1.29, 1.82) is 0 Å². The molecule has 1 aliphatic rings. The van der Waals surface area contributed by atoms with E-state index >= 15 is 0 Å². The lowest BCUT2D eigenvalue weighted by Gasteiger charge is -2.26. The summed E-state index contributed by atoms with van der Waals surface area (Å²) in [5.41, 5.74) is -0.389. The fourth-order valence-corrected chi connectivity index (χ4v) is 4.24. The van der Waals surface area contributed by atoms with Gasteiger partial charge in [-0.15, -0.1) is 0 Å². The standard InChI is InChI=1S/C19H19F3N2O4S/c20-19(21,22)16-3-1-2-15(12-16)18(25)23-13-14-4-6-17(7-5-14)29(26,27)24-8-10-28-11-9-24/h1-7,12H,8-11,13H2,(H,23,25). The third-order valence-electron chi connectivity index (χ3n) is 4.44. The molecule has 0 aliphatic carbocycles. The van der Waals surface area contributed by atoms with E-state index in [1.165, 1.54) is 28.6 Å². The molecular weight excluding hydrogens is 409 g/mol. The molecule has 29 heavy (non-hydrogen) atoms. The van der Waals surface area contributed by atoms with Crippen LogP contribution in [-0.2, 0) is 27.5 Å². The van der Waals surface area contributed by atoms with Gasteiger partial charge in [0.25, 0.3) is 5.91 Å². The average Bonchev–Trinajstić information content (AvgIpc) is 2.72. The third kappa shape index (κ3) is 5.14. The maximum atomic E-state index is 12.8. The highest BCUT2D eigenvalue weighted by molar-refractivity contribution is 7.89. The normalized spacial score (nSPS) is 15.8. The summed E-state index contributed by atoms with van der Waals surface area (Å²) < 4.78 is 69.9. The van der Waals surface area contributed by atoms with Crippen LogP contribution in [0.4, 0.5) is 13.2 Å². The molecule has 0 aromatic heterocycles. The Morgan fingerprint density at radius 2 is 1.72 bits per heavy atom. The first-order valence-electron chi connectivity index (χ1n) is 8.80. The number of amides is 1. The molecule has 0 unspecified atom stereocenters. The number of nitrogens with one attached hydrogen (secondary N) is 1. The monoisotopic (exact) mass is 428 g/mol. The van der Waals surface area contributed by atoms with Crippen LogP contribution in [0, 0.1) is 0 Å². The molecule has 0 saturated carbocycles. The number of ether oxygens (including phenoxy) is 1. The van der Waals surface area contributed by atoms with Crippen molar-refractivity contribution in [3.63, 3.8) is 0 Å². The maximum Gasteiger partial charge on any atom is 0.416 e. The van der Waals surface area contributed by atoms with Crippen LogP contribution in [-0.4, -0.2) is 44.9 Å². The molecule has 10 heteroatoms. The molecule has 1 saturated heterocycles. The first kappa shape index (κ1) is 21.3. The van der Waals surface area contributed by atoms with Gasteiger partial charge in [0, 0.05) is 25.2 Å². The smallest absolute Gasteiger partial charge is 0.379 e. The minimum absolute atomic E-state index is 0.0486. The summed E-state index contributed by atoms with van der Waals surface area (Å²) in [5, 5.41) is 2.53. The Morgan fingerprint density at radius 3 is 2.34 bits per heavy atom. The largest absolute Gasteiger partial charge is 0.416 e. The number of carbonyl (C=O) groups excluding carboxylic acids is 1. The molecule has 3 rings (SSSR count). The second-order valence-corrected chi connectivity index (χ2v) is 8.36. The van der Waals surface area contributed by atoms with Crippen LogP contribution in [0.2, 0.25) is 0 Å². The van der Waals surface area contributed by atoms with Gasteiger partial charge in [-0.1, -0.05) is 18.2 Å². The lowest BCUT2D eigenvalue weighted by molar-refractivity contribution is -0.137. The predicted octanol–water partition coefficient (Wildman–Crippen LogP) is 2.66. The van der Waals surface area contributed by atoms with Gasteiger partial charge in [0.15, 0.2) is 0 Å². The maximum absolute atomic E-state index is 12.8. The van der Waals surface area contributed by atoms with Crippen LogP contribution in [0.3, 0.4) is 0 Å². The number of alkyl halides is 3. The van der Waals surface area contributed by atoms with Crippen LogP contribution in [0.5, 0.6) is 0 Å². The lowest BCUT2D eigenvalue weighted by atomic mass is 10.1. The van der Waals surface area contributed by atoms with Crippen molar-refractivity contribution in [2.75, 3.05) is 26.3 Å². The Balaban J connectivity index is 1.64. The number of sulfonamides is 1. The number of carbonyl (C=O) groups is 1. The zero-order valence-electron chi connectivity index (χ0n) is 15.3. The quantitative estimate of drug-likeness (QED) is 0.795. The summed E-state index contributed by atoms with van der Waals surface area (Å²) in [6.07, 6.45) is -4.53. The highest BCUT2D eigenvalue weighted by Crippen LogP contribution is 2.29. The minimum atomic E-state index is -4.53. The van der Waals surface area contributed by atoms with Gasteiger partial charge >= 0.3 is 6.18 Å². The summed E-state index contributed by atoms with van der Waals surface area (Å²) in [7, 11) is -3.61. The highest BCUT2D eigenvalue weighted by atomic mass is 32.2. The van der Waals surface area contributed by atoms with Gasteiger partial charge in [0.2, 0.25) is 10.0 Å². The number of morpholine rings is 1. The van der Waals surface area contributed by atoms with Crippen molar-refractivity contribution < 1.29 is 31.1 Å². The van der Waals surface area contributed by atoms with Crippen LogP contribution in [0.15, 0.2) is 53.4 Å². The van der Waals surface area contributed by atoms with Crippen molar-refractivity contribution in [1.82, 2.24) is 9.62 Å². The Kier molecular flexibility index (Phi) is 6.25. The summed E-state index contributed by atoms with van der Waals surface area (Å²) in [5.74, 6) is -0.652. The van der Waals surface area contributed by atoms with E-state index in [0.29, 0.717) is 18.8 Å². The summed E-state index contributed by atoms with van der Waals surface area (Å²) in [6.45, 7) is 1.32. The topological polar surface area (TPSA) is 75.7 Å². The van der Waals surface area contributed by atoms with Gasteiger partial charge in [-0.25, -0.2) is 8.42 Å². The van der Waals surface area contributed by atoms with E-state index in [1.54, 1.807) is 12.1 Å². The first-order valence-corrected chi connectivity index (χ1v) is 10.2. The molecule has 1 amide bonds. The molecule has 0 radical (unpaired) electrons. The molecule has 2 aromatic carbocycles. The summed E-state index contributed by atoms with van der Waals surface area (Å²) in [6, 6.07) is 10.1. The zero-order valence-corrected chi connectivity index (χ0v) is 16.1. The van der Waals surface area contributed by atoms with Crippen molar-refractivity contribution in [2.24, 2.45) is 0 Å². The fourth-order valence-electron chi connectivity index (χ4n) is 2.84. The molecule has 2 aromatic rings. The molecule has 0 atom stereocenters. The van der Waals surface area contributed by atoms with E-state index in [-0.39, 0.29) is 30.1 Å². The molecule has 0 bridgehead atoms. The van der Waals surface area contributed by atoms with Crippen molar-refractivity contribution in [2.45, 2.75) is 17.6 Å². The number of hydrogen-bond acceptors (Lipinski definition) is 4. The fraction of sp³-hybridized carbons (Fsp3) is 0.316. The van der Waals surface area contributed by atoms with Crippen LogP contribution >= 0.6 is 0 Å². The molecule has 1 fully saturated rings. The van der Waals surface area contributed by atoms with E-state index in [2.05, 4.69) is 5.32 Å². The second-order valence-electron chi connectivity index (χ2n) is 6.42. The Morgan fingerprint density at radius 1 is 1.07 bits per heavy atom. The van der Waals surface area contributed by atoms with E-state index in [9.17, 15) is 26.4 Å². The molecule has 1 N–H and O–H groups in total. The average molecular weight is 428 g/mol. The summed E-state index contributed by atoms with van der Waals surface area (Å²) >= 11 is 0. The Bertz CT molecular complexity index is 970. The molecule has 156 valence electrons. The molecule has 6 nitrogen and oxygen atoms in total. The Hall–Kier alpha value is -2.43. The second kappa shape index (κ2) is 8.52. The number of halogens is 3. The van der Waals surface area contributed by atoms with Gasteiger partial charge in [0.1, 0.15) is 0 Å². The number of benzene rings is 2. The van der Waals surface area contributed by atoms with Gasteiger partial charge in [-0.3, -0.25) is 4.79 Å². The van der Waals surface area contributed by atoms with Gasteiger partial charge in [-0.05, 0) is 35.9 Å². The predicted molar refractivity (Wildman–Crippen MR) is 98.6 cm³/mol.